The Bertz CT molecular complexity index is 913. The van der Waals surface area contributed by atoms with E-state index < -0.39 is 18.0 Å². The number of hydrogen-bond donors (Lipinski definition) is 1. The molecule has 0 aliphatic rings. The Morgan fingerprint density at radius 3 is 2.56 bits per heavy atom. The Hall–Kier alpha value is -2.31. The predicted molar refractivity (Wildman–Crippen MR) is 96.6 cm³/mol. The number of nitrogens with one attached hydrogen (secondary N) is 1. The summed E-state index contributed by atoms with van der Waals surface area (Å²) in [5.41, 5.74) is 1.44. The number of alkyl halides is 2. The number of amides is 1. The Morgan fingerprint density at radius 2 is 1.88 bits per heavy atom. The molecule has 0 unspecified atom stereocenters. The van der Waals surface area contributed by atoms with Crippen molar-refractivity contribution >= 4 is 34.5 Å². The molecule has 0 aliphatic heterocycles. The molecule has 0 saturated heterocycles. The van der Waals surface area contributed by atoms with Gasteiger partial charge >= 0.3 is 0 Å². The van der Waals surface area contributed by atoms with Crippen molar-refractivity contribution in [2.24, 2.45) is 0 Å². The van der Waals surface area contributed by atoms with Crippen LogP contribution < -0.4 is 5.32 Å². The van der Waals surface area contributed by atoms with Gasteiger partial charge < -0.3 is 5.32 Å². The summed E-state index contributed by atoms with van der Waals surface area (Å²) in [7, 11) is 0. The molecule has 0 atom stereocenters. The van der Waals surface area contributed by atoms with Gasteiger partial charge in [-0.3, -0.25) is 4.79 Å². The Morgan fingerprint density at radius 1 is 1.16 bits per heavy atom. The molecule has 7 heteroatoms. The average Bonchev–Trinajstić information content (AvgIpc) is 3.00. The highest BCUT2D eigenvalue weighted by Crippen LogP contribution is 2.35. The van der Waals surface area contributed by atoms with Crippen LogP contribution in [0.2, 0.25) is 5.02 Å². The number of nitrogens with zero attached hydrogens (tertiary/aromatic N) is 1. The normalized spacial score (nSPS) is 10.9. The van der Waals surface area contributed by atoms with Crippen molar-refractivity contribution in [2.75, 3.05) is 5.32 Å². The maximum Gasteiger partial charge on any atom is 0.282 e. The summed E-state index contributed by atoms with van der Waals surface area (Å²) in [4.78, 5) is 16.2. The number of carbonyl (C=O) groups is 1. The van der Waals surface area contributed by atoms with Crippen molar-refractivity contribution in [3.63, 3.8) is 0 Å². The minimum Gasteiger partial charge on any atom is -0.319 e. The van der Waals surface area contributed by atoms with Crippen LogP contribution in [0, 0.1) is 6.92 Å². The average molecular weight is 379 g/mol. The van der Waals surface area contributed by atoms with E-state index in [2.05, 4.69) is 10.3 Å². The molecule has 1 heterocycles. The molecular formula is C18H13ClF2N2OS. The first kappa shape index (κ1) is 17.5. The molecule has 0 aliphatic carbocycles. The van der Waals surface area contributed by atoms with Gasteiger partial charge in [0.25, 0.3) is 12.3 Å². The monoisotopic (exact) mass is 378 g/mol. The van der Waals surface area contributed by atoms with Crippen molar-refractivity contribution < 1.29 is 13.6 Å². The van der Waals surface area contributed by atoms with E-state index in [4.69, 9.17) is 11.6 Å². The van der Waals surface area contributed by atoms with Crippen molar-refractivity contribution in [2.45, 2.75) is 13.3 Å². The van der Waals surface area contributed by atoms with Crippen LogP contribution in [0.15, 0.2) is 48.5 Å². The molecule has 3 nitrogen and oxygen atoms in total. The molecule has 1 N–H and O–H groups in total. The van der Waals surface area contributed by atoms with Crippen molar-refractivity contribution in [1.29, 1.82) is 0 Å². The summed E-state index contributed by atoms with van der Waals surface area (Å²) in [6.07, 6.45) is -2.81. The van der Waals surface area contributed by atoms with Crippen LogP contribution in [0.1, 0.15) is 26.8 Å². The number of halogens is 3. The highest BCUT2D eigenvalue weighted by Gasteiger charge is 2.24. The van der Waals surface area contributed by atoms with Crippen LogP contribution in [0.4, 0.5) is 14.5 Å². The Labute approximate surface area is 152 Å². The van der Waals surface area contributed by atoms with Crippen LogP contribution in [-0.2, 0) is 0 Å². The molecule has 0 radical (unpaired) electrons. The fourth-order valence-electron chi connectivity index (χ4n) is 2.43. The highest BCUT2D eigenvalue weighted by atomic mass is 35.5. The molecule has 2 aromatic carbocycles. The lowest BCUT2D eigenvalue weighted by Crippen LogP contribution is -2.14. The topological polar surface area (TPSA) is 42.0 Å². The zero-order chi connectivity index (χ0) is 18.0. The molecule has 0 saturated carbocycles. The van der Waals surface area contributed by atoms with E-state index in [-0.39, 0.29) is 4.88 Å². The zero-order valence-electron chi connectivity index (χ0n) is 13.1. The van der Waals surface area contributed by atoms with Crippen LogP contribution in [0.25, 0.3) is 11.1 Å². The standard InChI is InChI=1S/C18H13ClF2N2OS/c1-10-22-15(17(20)21)16(25-10)18(24)23-14-12(8-5-9-13(14)19)11-6-3-2-4-7-11/h2-9,17H,1H3,(H,23,24). The van der Waals surface area contributed by atoms with E-state index >= 15 is 0 Å². The SMILES string of the molecule is Cc1nc(C(F)F)c(C(=O)Nc2c(Cl)cccc2-c2ccccc2)s1. The molecular weight excluding hydrogens is 366 g/mol. The van der Waals surface area contributed by atoms with Gasteiger partial charge in [-0.15, -0.1) is 11.3 Å². The first-order valence-electron chi connectivity index (χ1n) is 7.38. The van der Waals surface area contributed by atoms with E-state index in [1.807, 2.05) is 36.4 Å². The maximum absolute atomic E-state index is 13.1. The van der Waals surface area contributed by atoms with Crippen molar-refractivity contribution in [1.82, 2.24) is 4.98 Å². The number of carbonyl (C=O) groups excluding carboxylic acids is 1. The summed E-state index contributed by atoms with van der Waals surface area (Å²) >= 11 is 7.17. The van der Waals surface area contributed by atoms with Gasteiger partial charge in [-0.2, -0.15) is 0 Å². The molecule has 25 heavy (non-hydrogen) atoms. The van der Waals surface area contributed by atoms with Gasteiger partial charge in [0.05, 0.1) is 15.7 Å². The van der Waals surface area contributed by atoms with Crippen LogP contribution in [0.3, 0.4) is 0 Å². The Balaban J connectivity index is 2.00. The number of hydrogen-bond acceptors (Lipinski definition) is 3. The third-order valence-corrected chi connectivity index (χ3v) is 4.81. The molecule has 3 aromatic rings. The number of thiazole rings is 1. The molecule has 0 spiro atoms. The number of para-hydroxylation sites is 1. The van der Waals surface area contributed by atoms with Gasteiger partial charge in [0.15, 0.2) is 0 Å². The lowest BCUT2D eigenvalue weighted by atomic mass is 10.0. The second-order valence-corrected chi connectivity index (χ2v) is 6.84. The van der Waals surface area contributed by atoms with E-state index in [0.717, 1.165) is 16.9 Å². The summed E-state index contributed by atoms with van der Waals surface area (Å²) in [6, 6.07) is 14.6. The molecule has 3 rings (SSSR count). The van der Waals surface area contributed by atoms with E-state index in [9.17, 15) is 13.6 Å². The van der Waals surface area contributed by atoms with Gasteiger partial charge in [0, 0.05) is 5.56 Å². The quantitative estimate of drug-likeness (QED) is 0.608. The van der Waals surface area contributed by atoms with Crippen molar-refractivity contribution in [3.05, 3.63) is 69.1 Å². The molecule has 0 fully saturated rings. The van der Waals surface area contributed by atoms with Gasteiger partial charge in [-0.1, -0.05) is 54.1 Å². The third kappa shape index (κ3) is 3.70. The summed E-state index contributed by atoms with van der Waals surface area (Å²) in [5.74, 6) is -0.647. The molecule has 128 valence electrons. The van der Waals surface area contributed by atoms with Gasteiger partial charge in [-0.05, 0) is 18.6 Å². The van der Waals surface area contributed by atoms with Gasteiger partial charge in [0.2, 0.25) is 0 Å². The number of benzene rings is 2. The number of anilines is 1. The molecule has 1 aromatic heterocycles. The lowest BCUT2D eigenvalue weighted by Gasteiger charge is -2.13. The predicted octanol–water partition coefficient (Wildman–Crippen LogP) is 5.96. The van der Waals surface area contributed by atoms with Gasteiger partial charge in [0.1, 0.15) is 10.6 Å². The van der Waals surface area contributed by atoms with E-state index in [1.165, 1.54) is 0 Å². The van der Waals surface area contributed by atoms with Crippen LogP contribution in [0.5, 0.6) is 0 Å². The number of aryl methyl sites for hydroxylation is 1. The second-order valence-electron chi connectivity index (χ2n) is 5.23. The largest absolute Gasteiger partial charge is 0.319 e. The summed E-state index contributed by atoms with van der Waals surface area (Å²) in [6.45, 7) is 1.58. The fraction of sp³-hybridized carbons (Fsp3) is 0.111. The fourth-order valence-corrected chi connectivity index (χ4v) is 3.48. The molecule has 1 amide bonds. The van der Waals surface area contributed by atoms with E-state index in [0.29, 0.717) is 21.3 Å². The van der Waals surface area contributed by atoms with Crippen LogP contribution in [-0.4, -0.2) is 10.9 Å². The van der Waals surface area contributed by atoms with Crippen molar-refractivity contribution in [3.8, 4) is 11.1 Å². The number of aromatic nitrogens is 1. The second kappa shape index (κ2) is 7.29. The minimum absolute atomic E-state index is 0.105. The minimum atomic E-state index is -2.81. The zero-order valence-corrected chi connectivity index (χ0v) is 14.7. The maximum atomic E-state index is 13.1. The summed E-state index contributed by atoms with van der Waals surface area (Å²) < 4.78 is 26.2. The van der Waals surface area contributed by atoms with E-state index in [1.54, 1.807) is 19.1 Å². The first-order valence-corrected chi connectivity index (χ1v) is 8.57. The first-order chi connectivity index (χ1) is 12.0. The van der Waals surface area contributed by atoms with Gasteiger partial charge in [-0.25, -0.2) is 13.8 Å². The lowest BCUT2D eigenvalue weighted by molar-refractivity contribution is 0.101. The smallest absolute Gasteiger partial charge is 0.282 e. The number of rotatable bonds is 4. The Kier molecular flexibility index (Phi) is 5.11. The van der Waals surface area contributed by atoms with Crippen LogP contribution >= 0.6 is 22.9 Å². The molecule has 0 bridgehead atoms. The summed E-state index contributed by atoms with van der Waals surface area (Å²) in [5, 5.41) is 3.40. The highest BCUT2D eigenvalue weighted by molar-refractivity contribution is 7.13. The third-order valence-electron chi connectivity index (χ3n) is 3.51.